The van der Waals surface area contributed by atoms with Crippen LogP contribution >= 0.6 is 27.3 Å². The van der Waals surface area contributed by atoms with E-state index in [0.717, 1.165) is 16.5 Å². The quantitative estimate of drug-likeness (QED) is 0.764. The number of rotatable bonds is 2. The van der Waals surface area contributed by atoms with Crippen LogP contribution in [0.4, 0.5) is 0 Å². The van der Waals surface area contributed by atoms with Gasteiger partial charge in [0.25, 0.3) is 0 Å². The lowest BCUT2D eigenvalue weighted by molar-refractivity contribution is 0.0949. The van der Waals surface area contributed by atoms with Gasteiger partial charge in [-0.05, 0) is 33.5 Å². The number of ketones is 1. The van der Waals surface area contributed by atoms with Crippen molar-refractivity contribution in [2.75, 3.05) is 0 Å². The molecule has 1 aliphatic carbocycles. The minimum atomic E-state index is 0.0714. The van der Waals surface area contributed by atoms with Crippen molar-refractivity contribution in [1.29, 1.82) is 0 Å². The maximum Gasteiger partial charge on any atom is 0.172 e. The number of Topliss-reactive ketones (excluding diaryl/α,β-unsaturated/α-hetero) is 1. The third-order valence-electron chi connectivity index (χ3n) is 3.05. The number of benzene rings is 1. The Kier molecular flexibility index (Phi) is 2.45. The van der Waals surface area contributed by atoms with E-state index in [1.807, 2.05) is 22.9 Å². The van der Waals surface area contributed by atoms with Crippen LogP contribution in [0.15, 0.2) is 39.5 Å². The molecule has 1 nitrogen and oxygen atoms in total. The van der Waals surface area contributed by atoms with Crippen molar-refractivity contribution < 1.29 is 4.79 Å². The van der Waals surface area contributed by atoms with E-state index < -0.39 is 0 Å². The van der Waals surface area contributed by atoms with E-state index in [9.17, 15) is 4.79 Å². The van der Waals surface area contributed by atoms with Crippen molar-refractivity contribution in [2.24, 2.45) is 0 Å². The van der Waals surface area contributed by atoms with Crippen molar-refractivity contribution in [3.8, 4) is 0 Å². The molecule has 0 saturated heterocycles. The van der Waals surface area contributed by atoms with Crippen LogP contribution in [-0.2, 0) is 6.42 Å². The molecule has 80 valence electrons. The summed E-state index contributed by atoms with van der Waals surface area (Å²) in [7, 11) is 0. The van der Waals surface area contributed by atoms with Crippen molar-refractivity contribution >= 4 is 33.0 Å². The topological polar surface area (TPSA) is 17.1 Å². The van der Waals surface area contributed by atoms with Crippen LogP contribution in [0, 0.1) is 0 Å². The molecule has 0 spiro atoms. The van der Waals surface area contributed by atoms with E-state index in [2.05, 4.69) is 28.1 Å². The summed E-state index contributed by atoms with van der Waals surface area (Å²) in [4.78, 5) is 12.2. The lowest BCUT2D eigenvalue weighted by Gasteiger charge is -2.28. The van der Waals surface area contributed by atoms with Gasteiger partial charge in [0.15, 0.2) is 5.78 Å². The van der Waals surface area contributed by atoms with Gasteiger partial charge in [-0.3, -0.25) is 4.79 Å². The van der Waals surface area contributed by atoms with E-state index in [0.29, 0.717) is 0 Å². The number of fused-ring (bicyclic) bond motifs is 1. The van der Waals surface area contributed by atoms with E-state index >= 15 is 0 Å². The molecule has 3 heteroatoms. The van der Waals surface area contributed by atoms with Crippen molar-refractivity contribution in [2.45, 2.75) is 12.3 Å². The minimum absolute atomic E-state index is 0.0714. The highest BCUT2D eigenvalue weighted by Crippen LogP contribution is 2.38. The molecule has 0 fully saturated rings. The lowest BCUT2D eigenvalue weighted by atomic mass is 9.74. The Bertz CT molecular complexity index is 559. The summed E-state index contributed by atoms with van der Waals surface area (Å²) in [6.45, 7) is 0. The van der Waals surface area contributed by atoms with Crippen LogP contribution in [-0.4, -0.2) is 5.78 Å². The van der Waals surface area contributed by atoms with Crippen LogP contribution in [0.5, 0.6) is 0 Å². The predicted molar refractivity (Wildman–Crippen MR) is 69.2 cm³/mol. The smallest absolute Gasteiger partial charge is 0.172 e. The third kappa shape index (κ3) is 1.46. The molecule has 3 rings (SSSR count). The molecule has 0 aliphatic heterocycles. The molecule has 2 aromatic rings. The van der Waals surface area contributed by atoms with Gasteiger partial charge >= 0.3 is 0 Å². The van der Waals surface area contributed by atoms with Crippen LogP contribution in [0.2, 0.25) is 0 Å². The lowest BCUT2D eigenvalue weighted by Crippen LogP contribution is -2.25. The van der Waals surface area contributed by atoms with Crippen LogP contribution in [0.25, 0.3) is 0 Å². The van der Waals surface area contributed by atoms with Gasteiger partial charge in [-0.15, -0.1) is 0 Å². The zero-order chi connectivity index (χ0) is 11.1. The zero-order valence-corrected chi connectivity index (χ0v) is 10.8. The van der Waals surface area contributed by atoms with Gasteiger partial charge in [0.1, 0.15) is 0 Å². The third-order valence-corrected chi connectivity index (χ3v) is 4.75. The number of carbonyl (C=O) groups is 1. The van der Waals surface area contributed by atoms with E-state index in [1.165, 1.54) is 11.1 Å². The highest BCUT2D eigenvalue weighted by Gasteiger charge is 2.33. The predicted octanol–water partition coefficient (Wildman–Crippen LogP) is 4.03. The molecular formula is C13H9BrOS. The summed E-state index contributed by atoms with van der Waals surface area (Å²) in [5.41, 5.74) is 3.34. The van der Waals surface area contributed by atoms with Gasteiger partial charge in [-0.1, -0.05) is 24.3 Å². The molecule has 0 bridgehead atoms. The van der Waals surface area contributed by atoms with Crippen molar-refractivity contribution in [3.05, 3.63) is 56.2 Å². The Labute approximate surface area is 106 Å². The molecule has 1 atom stereocenters. The number of hydrogen-bond acceptors (Lipinski definition) is 2. The van der Waals surface area contributed by atoms with Crippen LogP contribution in [0.1, 0.15) is 27.4 Å². The molecule has 1 aromatic heterocycles. The second-order valence-corrected chi connectivity index (χ2v) is 5.55. The summed E-state index contributed by atoms with van der Waals surface area (Å²) in [6, 6.07) is 8.18. The van der Waals surface area contributed by atoms with Crippen molar-refractivity contribution in [1.82, 2.24) is 0 Å². The molecular weight excluding hydrogens is 284 g/mol. The molecule has 0 N–H and O–H groups in total. The molecule has 1 heterocycles. The van der Waals surface area contributed by atoms with Gasteiger partial charge in [-0.2, -0.15) is 11.3 Å². The molecule has 16 heavy (non-hydrogen) atoms. The number of carbonyl (C=O) groups excluding carboxylic acids is 1. The Morgan fingerprint density at radius 2 is 2.12 bits per heavy atom. The highest BCUT2D eigenvalue weighted by molar-refractivity contribution is 9.10. The Morgan fingerprint density at radius 1 is 1.31 bits per heavy atom. The first-order valence-electron chi connectivity index (χ1n) is 5.11. The maximum absolute atomic E-state index is 12.2. The standard InChI is InChI=1S/C13H9BrOS/c14-12-7-16-6-11(12)13(15)10-5-8-3-1-2-4-9(8)10/h1-4,6-7,10H,5H2. The Morgan fingerprint density at radius 3 is 2.81 bits per heavy atom. The molecule has 0 amide bonds. The molecule has 1 unspecified atom stereocenters. The fourth-order valence-corrected chi connectivity index (χ4v) is 3.62. The summed E-state index contributed by atoms with van der Waals surface area (Å²) in [6.07, 6.45) is 0.886. The van der Waals surface area contributed by atoms with E-state index in [-0.39, 0.29) is 11.7 Å². The van der Waals surface area contributed by atoms with Crippen molar-refractivity contribution in [3.63, 3.8) is 0 Å². The zero-order valence-electron chi connectivity index (χ0n) is 8.44. The number of thiophene rings is 1. The van der Waals surface area contributed by atoms with E-state index in [1.54, 1.807) is 11.3 Å². The SMILES string of the molecule is O=C(c1cscc1Br)C1Cc2ccccc21. The summed E-state index contributed by atoms with van der Waals surface area (Å²) < 4.78 is 0.923. The average molecular weight is 293 g/mol. The van der Waals surface area contributed by atoms with Gasteiger partial charge in [-0.25, -0.2) is 0 Å². The fourth-order valence-electron chi connectivity index (χ4n) is 2.14. The molecule has 0 radical (unpaired) electrons. The van der Waals surface area contributed by atoms with Gasteiger partial charge in [0, 0.05) is 20.8 Å². The van der Waals surface area contributed by atoms with Crippen LogP contribution in [0.3, 0.4) is 0 Å². The van der Waals surface area contributed by atoms with Gasteiger partial charge in [0.2, 0.25) is 0 Å². The molecule has 1 aliphatic rings. The molecule has 0 saturated carbocycles. The van der Waals surface area contributed by atoms with Crippen LogP contribution < -0.4 is 0 Å². The summed E-state index contributed by atoms with van der Waals surface area (Å²) >= 11 is 4.98. The summed E-state index contributed by atoms with van der Waals surface area (Å²) in [5, 5.41) is 3.88. The Balaban J connectivity index is 1.93. The Hall–Kier alpha value is -0.930. The van der Waals surface area contributed by atoms with Gasteiger partial charge < -0.3 is 0 Å². The normalized spacial score (nSPS) is 17.7. The first-order valence-corrected chi connectivity index (χ1v) is 6.84. The monoisotopic (exact) mass is 292 g/mol. The fraction of sp³-hybridized carbons (Fsp3) is 0.154. The second kappa shape index (κ2) is 3.82. The maximum atomic E-state index is 12.2. The number of hydrogen-bond donors (Lipinski definition) is 0. The summed E-state index contributed by atoms with van der Waals surface area (Å²) in [5.74, 6) is 0.314. The van der Waals surface area contributed by atoms with Gasteiger partial charge in [0.05, 0.1) is 5.92 Å². The highest BCUT2D eigenvalue weighted by atomic mass is 79.9. The molecule has 1 aromatic carbocycles. The minimum Gasteiger partial charge on any atom is -0.293 e. The van der Waals surface area contributed by atoms with E-state index in [4.69, 9.17) is 0 Å². The largest absolute Gasteiger partial charge is 0.293 e. The average Bonchev–Trinajstić information content (AvgIpc) is 2.66. The number of halogens is 1. The second-order valence-electron chi connectivity index (χ2n) is 3.95. The first kappa shape index (κ1) is 10.2. The first-order chi connectivity index (χ1) is 7.77.